The molecule has 1 saturated heterocycles. The second kappa shape index (κ2) is 9.81. The van der Waals surface area contributed by atoms with Gasteiger partial charge in [0.15, 0.2) is 0 Å². The molecule has 0 spiro atoms. The van der Waals surface area contributed by atoms with Crippen LogP contribution in [0.15, 0.2) is 48.5 Å². The fourth-order valence-electron chi connectivity index (χ4n) is 3.85. The van der Waals surface area contributed by atoms with E-state index in [9.17, 15) is 13.2 Å². The molecule has 2 aromatic carbocycles. The van der Waals surface area contributed by atoms with Gasteiger partial charge in [-0.1, -0.05) is 43.6 Å². The van der Waals surface area contributed by atoms with Crippen LogP contribution in [0.25, 0.3) is 0 Å². The van der Waals surface area contributed by atoms with E-state index in [2.05, 4.69) is 24.1 Å². The first kappa shape index (κ1) is 22.6. The Morgan fingerprint density at radius 1 is 1.13 bits per heavy atom. The van der Waals surface area contributed by atoms with Crippen molar-refractivity contribution >= 4 is 33.2 Å². The van der Waals surface area contributed by atoms with E-state index < -0.39 is 10.0 Å². The van der Waals surface area contributed by atoms with Crippen LogP contribution in [0.1, 0.15) is 42.2 Å². The maximum atomic E-state index is 12.7. The molecular formula is C22H28ClN3O3S. The van der Waals surface area contributed by atoms with Crippen LogP contribution in [0.2, 0.25) is 5.02 Å². The molecule has 162 valence electrons. The molecule has 2 aromatic rings. The second-order valence-electron chi connectivity index (χ2n) is 7.26. The number of halogens is 1. The summed E-state index contributed by atoms with van der Waals surface area (Å²) in [7, 11) is -3.23. The number of benzene rings is 2. The number of carbonyl (C=O) groups excluding carboxylic acids is 1. The number of likely N-dealkylation sites (N-methyl/N-ethyl adjacent to an activating group) is 1. The first-order valence-electron chi connectivity index (χ1n) is 10.2. The Kier molecular flexibility index (Phi) is 7.39. The number of nitrogens with zero attached hydrogens (tertiary/aromatic N) is 2. The number of anilines is 1. The van der Waals surface area contributed by atoms with Gasteiger partial charge in [0.2, 0.25) is 10.0 Å². The van der Waals surface area contributed by atoms with Gasteiger partial charge in [0.1, 0.15) is 0 Å². The Labute approximate surface area is 183 Å². The smallest absolute Gasteiger partial charge is 0.251 e. The number of carbonyl (C=O) groups is 1. The van der Waals surface area contributed by atoms with Crippen LogP contribution in [0.3, 0.4) is 0 Å². The van der Waals surface area contributed by atoms with Crippen LogP contribution in [-0.4, -0.2) is 51.2 Å². The number of amides is 1. The minimum atomic E-state index is -3.23. The largest absolute Gasteiger partial charge is 0.350 e. The maximum Gasteiger partial charge on any atom is 0.251 e. The number of hydrogen-bond donors (Lipinski definition) is 1. The quantitative estimate of drug-likeness (QED) is 0.667. The molecule has 0 saturated carbocycles. The molecule has 30 heavy (non-hydrogen) atoms. The SMILES string of the molecule is CCN(CC)C(CNC(=O)c1ccc(N2CCCS2(=O)=O)cc1)c1ccccc1Cl. The summed E-state index contributed by atoms with van der Waals surface area (Å²) in [5.41, 5.74) is 2.08. The molecule has 1 aliphatic heterocycles. The van der Waals surface area contributed by atoms with Crippen LogP contribution in [0.5, 0.6) is 0 Å². The number of rotatable bonds is 8. The zero-order valence-corrected chi connectivity index (χ0v) is 18.9. The molecule has 1 N–H and O–H groups in total. The molecule has 1 heterocycles. The Balaban J connectivity index is 1.72. The van der Waals surface area contributed by atoms with Gasteiger partial charge in [0.05, 0.1) is 17.5 Å². The Morgan fingerprint density at radius 3 is 2.37 bits per heavy atom. The van der Waals surface area contributed by atoms with Gasteiger partial charge < -0.3 is 5.32 Å². The Morgan fingerprint density at radius 2 is 1.80 bits per heavy atom. The molecule has 8 heteroatoms. The lowest BCUT2D eigenvalue weighted by Crippen LogP contribution is -2.38. The third kappa shape index (κ3) is 4.96. The molecule has 0 bridgehead atoms. The van der Waals surface area contributed by atoms with Crippen molar-refractivity contribution in [3.05, 3.63) is 64.7 Å². The highest BCUT2D eigenvalue weighted by Crippen LogP contribution is 2.27. The Hall–Kier alpha value is -2.09. The van der Waals surface area contributed by atoms with Crippen molar-refractivity contribution in [2.45, 2.75) is 26.3 Å². The fraction of sp³-hybridized carbons (Fsp3) is 0.409. The van der Waals surface area contributed by atoms with Gasteiger partial charge in [-0.3, -0.25) is 14.0 Å². The molecule has 0 aromatic heterocycles. The third-order valence-electron chi connectivity index (χ3n) is 5.49. The van der Waals surface area contributed by atoms with Crippen molar-refractivity contribution in [1.82, 2.24) is 10.2 Å². The highest BCUT2D eigenvalue weighted by Gasteiger charge is 2.28. The lowest BCUT2D eigenvalue weighted by molar-refractivity contribution is 0.0935. The maximum absolute atomic E-state index is 12.7. The lowest BCUT2D eigenvalue weighted by Gasteiger charge is -2.31. The van der Waals surface area contributed by atoms with Gasteiger partial charge in [-0.15, -0.1) is 0 Å². The summed E-state index contributed by atoms with van der Waals surface area (Å²) in [6, 6.07) is 14.4. The summed E-state index contributed by atoms with van der Waals surface area (Å²) in [5, 5.41) is 3.69. The van der Waals surface area contributed by atoms with Gasteiger partial charge in [-0.25, -0.2) is 8.42 Å². The zero-order chi connectivity index (χ0) is 21.7. The lowest BCUT2D eigenvalue weighted by atomic mass is 10.0. The standard InChI is InChI=1S/C22H28ClN3O3S/c1-3-25(4-2)21(19-8-5-6-9-20(19)23)16-24-22(27)17-10-12-18(13-11-17)26-14-7-15-30(26,28)29/h5-6,8-13,21H,3-4,7,14-16H2,1-2H3,(H,24,27). The van der Waals surface area contributed by atoms with Crippen LogP contribution >= 0.6 is 11.6 Å². The summed E-state index contributed by atoms with van der Waals surface area (Å²) in [4.78, 5) is 15.0. The summed E-state index contributed by atoms with van der Waals surface area (Å²) in [6.45, 7) is 6.74. The van der Waals surface area contributed by atoms with Gasteiger partial charge in [-0.2, -0.15) is 0 Å². The van der Waals surface area contributed by atoms with E-state index in [1.54, 1.807) is 24.3 Å². The van der Waals surface area contributed by atoms with E-state index in [4.69, 9.17) is 11.6 Å². The summed E-state index contributed by atoms with van der Waals surface area (Å²) >= 11 is 6.42. The molecule has 6 nitrogen and oxygen atoms in total. The fourth-order valence-corrected chi connectivity index (χ4v) is 5.67. The monoisotopic (exact) mass is 449 g/mol. The average Bonchev–Trinajstić information content (AvgIpc) is 3.10. The number of hydrogen-bond acceptors (Lipinski definition) is 4. The van der Waals surface area contributed by atoms with E-state index in [0.29, 0.717) is 35.8 Å². The van der Waals surface area contributed by atoms with E-state index >= 15 is 0 Å². The average molecular weight is 450 g/mol. The van der Waals surface area contributed by atoms with Gasteiger partial charge in [0.25, 0.3) is 5.91 Å². The van der Waals surface area contributed by atoms with Gasteiger partial charge in [0, 0.05) is 23.7 Å². The molecule has 0 radical (unpaired) electrons. The number of sulfonamides is 1. The highest BCUT2D eigenvalue weighted by molar-refractivity contribution is 7.93. The molecule has 0 aliphatic carbocycles. The third-order valence-corrected chi connectivity index (χ3v) is 7.70. The van der Waals surface area contributed by atoms with Crippen molar-refractivity contribution < 1.29 is 13.2 Å². The van der Waals surface area contributed by atoms with Crippen molar-refractivity contribution in [2.75, 3.05) is 36.2 Å². The van der Waals surface area contributed by atoms with Gasteiger partial charge in [-0.05, 0) is 55.4 Å². The van der Waals surface area contributed by atoms with E-state index in [-0.39, 0.29) is 17.7 Å². The van der Waals surface area contributed by atoms with E-state index in [0.717, 1.165) is 18.7 Å². The summed E-state index contributed by atoms with van der Waals surface area (Å²) in [6.07, 6.45) is 0.624. The van der Waals surface area contributed by atoms with E-state index in [1.165, 1.54) is 4.31 Å². The first-order valence-corrected chi connectivity index (χ1v) is 12.2. The molecule has 1 atom stereocenters. The predicted molar refractivity (Wildman–Crippen MR) is 122 cm³/mol. The molecule has 1 fully saturated rings. The van der Waals surface area contributed by atoms with Crippen molar-refractivity contribution in [3.63, 3.8) is 0 Å². The minimum absolute atomic E-state index is 0.0355. The summed E-state index contributed by atoms with van der Waals surface area (Å²) in [5.74, 6) is -0.0284. The predicted octanol–water partition coefficient (Wildman–Crippen LogP) is 3.69. The normalized spacial score (nSPS) is 16.6. The van der Waals surface area contributed by atoms with Crippen molar-refractivity contribution in [2.24, 2.45) is 0 Å². The second-order valence-corrected chi connectivity index (χ2v) is 9.68. The zero-order valence-electron chi connectivity index (χ0n) is 17.3. The molecule has 1 amide bonds. The van der Waals surface area contributed by atoms with E-state index in [1.807, 2.05) is 24.3 Å². The molecule has 1 aliphatic rings. The van der Waals surface area contributed by atoms with Crippen molar-refractivity contribution in [1.29, 1.82) is 0 Å². The van der Waals surface area contributed by atoms with Crippen LogP contribution < -0.4 is 9.62 Å². The first-order chi connectivity index (χ1) is 14.4. The topological polar surface area (TPSA) is 69.7 Å². The highest BCUT2D eigenvalue weighted by atomic mass is 35.5. The van der Waals surface area contributed by atoms with Crippen LogP contribution in [0.4, 0.5) is 5.69 Å². The van der Waals surface area contributed by atoms with Crippen LogP contribution in [0, 0.1) is 0 Å². The van der Waals surface area contributed by atoms with Crippen LogP contribution in [-0.2, 0) is 10.0 Å². The Bertz CT molecular complexity index is 975. The number of nitrogens with one attached hydrogen (secondary N) is 1. The minimum Gasteiger partial charge on any atom is -0.350 e. The van der Waals surface area contributed by atoms with Gasteiger partial charge >= 0.3 is 0 Å². The molecule has 1 unspecified atom stereocenters. The van der Waals surface area contributed by atoms with Crippen molar-refractivity contribution in [3.8, 4) is 0 Å². The molecular weight excluding hydrogens is 422 g/mol. The molecule has 3 rings (SSSR count). The summed E-state index contributed by atoms with van der Waals surface area (Å²) < 4.78 is 25.6.